The maximum atomic E-state index is 12.6. The second kappa shape index (κ2) is 5.94. The van der Waals surface area contributed by atoms with E-state index < -0.39 is 0 Å². The molecule has 2 rings (SSSR count). The van der Waals surface area contributed by atoms with Gasteiger partial charge in [-0.25, -0.2) is 0 Å². The maximum Gasteiger partial charge on any atom is 0.254 e. The maximum absolute atomic E-state index is 12.6. The Kier molecular flexibility index (Phi) is 4.45. The van der Waals surface area contributed by atoms with E-state index in [4.69, 9.17) is 10.5 Å². The first kappa shape index (κ1) is 15.0. The lowest BCUT2D eigenvalue weighted by Gasteiger charge is -2.41. The minimum Gasteiger partial charge on any atom is -0.369 e. The average Bonchev–Trinajstić information content (AvgIpc) is 2.36. The molecule has 1 atom stereocenters. The van der Waals surface area contributed by atoms with Crippen molar-refractivity contribution in [3.63, 3.8) is 0 Å². The smallest absolute Gasteiger partial charge is 0.254 e. The van der Waals surface area contributed by atoms with Crippen LogP contribution in [0.1, 0.15) is 36.7 Å². The van der Waals surface area contributed by atoms with Crippen molar-refractivity contribution in [2.45, 2.75) is 38.9 Å². The summed E-state index contributed by atoms with van der Waals surface area (Å²) < 4.78 is 5.84. The Bertz CT molecular complexity index is 485. The number of hydrogen-bond donors (Lipinski definition) is 1. The SMILES string of the molecule is CC1CN(C(=O)c2cccc(CCN)c2)CC(C)(C)O1. The van der Waals surface area contributed by atoms with Gasteiger partial charge in [-0.1, -0.05) is 12.1 Å². The summed E-state index contributed by atoms with van der Waals surface area (Å²) in [6, 6.07) is 7.75. The molecule has 110 valence electrons. The Morgan fingerprint density at radius 2 is 2.25 bits per heavy atom. The summed E-state index contributed by atoms with van der Waals surface area (Å²) in [5.74, 6) is 0.0760. The van der Waals surface area contributed by atoms with E-state index in [1.807, 2.05) is 49.9 Å². The number of carbonyl (C=O) groups excluding carboxylic acids is 1. The van der Waals surface area contributed by atoms with E-state index in [0.717, 1.165) is 17.5 Å². The first-order chi connectivity index (χ1) is 9.41. The van der Waals surface area contributed by atoms with Gasteiger partial charge in [0.15, 0.2) is 0 Å². The first-order valence-electron chi connectivity index (χ1n) is 7.17. The Morgan fingerprint density at radius 3 is 2.90 bits per heavy atom. The minimum absolute atomic E-state index is 0.0647. The monoisotopic (exact) mass is 276 g/mol. The molecule has 0 saturated carbocycles. The molecule has 0 bridgehead atoms. The third-order valence-electron chi connectivity index (χ3n) is 3.46. The van der Waals surface area contributed by atoms with Gasteiger partial charge in [-0.3, -0.25) is 4.79 Å². The molecule has 2 N–H and O–H groups in total. The Hall–Kier alpha value is -1.39. The first-order valence-corrected chi connectivity index (χ1v) is 7.17. The van der Waals surface area contributed by atoms with Crippen LogP contribution in [0.15, 0.2) is 24.3 Å². The van der Waals surface area contributed by atoms with Crippen LogP contribution in [0.25, 0.3) is 0 Å². The molecule has 1 aliphatic heterocycles. The van der Waals surface area contributed by atoms with Crippen LogP contribution in [0.2, 0.25) is 0 Å². The van der Waals surface area contributed by atoms with Gasteiger partial charge in [0.25, 0.3) is 5.91 Å². The number of ether oxygens (including phenoxy) is 1. The summed E-state index contributed by atoms with van der Waals surface area (Å²) in [6.07, 6.45) is 0.862. The van der Waals surface area contributed by atoms with Gasteiger partial charge in [-0.05, 0) is 51.4 Å². The predicted molar refractivity (Wildman–Crippen MR) is 79.7 cm³/mol. The van der Waals surface area contributed by atoms with Crippen molar-refractivity contribution < 1.29 is 9.53 Å². The normalized spacial score (nSPS) is 21.8. The van der Waals surface area contributed by atoms with Gasteiger partial charge in [0, 0.05) is 18.7 Å². The van der Waals surface area contributed by atoms with E-state index in [1.54, 1.807) is 0 Å². The fraction of sp³-hybridized carbons (Fsp3) is 0.562. The van der Waals surface area contributed by atoms with Gasteiger partial charge in [-0.2, -0.15) is 0 Å². The minimum atomic E-state index is -0.289. The van der Waals surface area contributed by atoms with Crippen LogP contribution in [0, 0.1) is 0 Å². The van der Waals surface area contributed by atoms with Crippen molar-refractivity contribution >= 4 is 5.91 Å². The quantitative estimate of drug-likeness (QED) is 0.916. The number of amides is 1. The van der Waals surface area contributed by atoms with Crippen molar-refractivity contribution in [3.05, 3.63) is 35.4 Å². The summed E-state index contributed by atoms with van der Waals surface area (Å²) >= 11 is 0. The molecule has 1 heterocycles. The Balaban J connectivity index is 2.16. The fourth-order valence-corrected chi connectivity index (χ4v) is 2.82. The molecule has 4 nitrogen and oxygen atoms in total. The summed E-state index contributed by atoms with van der Waals surface area (Å²) in [4.78, 5) is 14.5. The Labute approximate surface area is 120 Å². The molecule has 1 unspecified atom stereocenters. The molecule has 0 aliphatic carbocycles. The second-order valence-electron chi connectivity index (χ2n) is 6.11. The lowest BCUT2D eigenvalue weighted by Crippen LogP contribution is -2.53. The summed E-state index contributed by atoms with van der Waals surface area (Å²) in [5, 5.41) is 0. The molecule has 1 amide bonds. The van der Waals surface area contributed by atoms with Gasteiger partial charge < -0.3 is 15.4 Å². The number of benzene rings is 1. The van der Waals surface area contributed by atoms with Crippen LogP contribution in [0.3, 0.4) is 0 Å². The molecule has 1 saturated heterocycles. The third-order valence-corrected chi connectivity index (χ3v) is 3.46. The van der Waals surface area contributed by atoms with Gasteiger partial charge in [0.2, 0.25) is 0 Å². The average molecular weight is 276 g/mol. The van der Waals surface area contributed by atoms with Gasteiger partial charge in [0.1, 0.15) is 0 Å². The highest BCUT2D eigenvalue weighted by atomic mass is 16.5. The number of morpholine rings is 1. The molecule has 0 spiro atoms. The van der Waals surface area contributed by atoms with E-state index in [-0.39, 0.29) is 17.6 Å². The topological polar surface area (TPSA) is 55.6 Å². The molecular formula is C16H24N2O2. The van der Waals surface area contributed by atoms with Crippen LogP contribution < -0.4 is 5.73 Å². The molecule has 1 aliphatic rings. The number of nitrogens with zero attached hydrogens (tertiary/aromatic N) is 1. The molecule has 1 aromatic rings. The van der Waals surface area contributed by atoms with Crippen molar-refractivity contribution in [1.82, 2.24) is 4.90 Å². The van der Waals surface area contributed by atoms with Crippen molar-refractivity contribution in [2.75, 3.05) is 19.6 Å². The highest BCUT2D eigenvalue weighted by Gasteiger charge is 2.33. The van der Waals surface area contributed by atoms with E-state index in [1.165, 1.54) is 0 Å². The number of hydrogen-bond acceptors (Lipinski definition) is 3. The summed E-state index contributed by atoms with van der Waals surface area (Å²) in [7, 11) is 0. The lowest BCUT2D eigenvalue weighted by atomic mass is 10.0. The largest absolute Gasteiger partial charge is 0.369 e. The standard InChI is InChI=1S/C16H24N2O2/c1-12-10-18(11-16(2,3)20-12)15(19)14-6-4-5-13(9-14)7-8-17/h4-6,9,12H,7-8,10-11,17H2,1-3H3. The Morgan fingerprint density at radius 1 is 1.50 bits per heavy atom. The van der Waals surface area contributed by atoms with Crippen LogP contribution in [-0.4, -0.2) is 42.1 Å². The highest BCUT2D eigenvalue weighted by molar-refractivity contribution is 5.94. The second-order valence-corrected chi connectivity index (χ2v) is 6.11. The number of nitrogens with two attached hydrogens (primary N) is 1. The van der Waals surface area contributed by atoms with Crippen LogP contribution in [-0.2, 0) is 11.2 Å². The molecule has 4 heteroatoms. The van der Waals surface area contributed by atoms with E-state index in [2.05, 4.69) is 0 Å². The molecular weight excluding hydrogens is 252 g/mol. The number of rotatable bonds is 3. The molecule has 0 aromatic heterocycles. The van der Waals surface area contributed by atoms with E-state index >= 15 is 0 Å². The zero-order chi connectivity index (χ0) is 14.8. The molecule has 1 fully saturated rings. The molecule has 20 heavy (non-hydrogen) atoms. The van der Waals surface area contributed by atoms with Gasteiger partial charge in [0.05, 0.1) is 11.7 Å². The van der Waals surface area contributed by atoms with Crippen LogP contribution >= 0.6 is 0 Å². The van der Waals surface area contributed by atoms with Crippen molar-refractivity contribution in [1.29, 1.82) is 0 Å². The fourth-order valence-electron chi connectivity index (χ4n) is 2.82. The summed E-state index contributed by atoms with van der Waals surface area (Å²) in [6.45, 7) is 7.91. The third kappa shape index (κ3) is 3.58. The van der Waals surface area contributed by atoms with Crippen molar-refractivity contribution in [2.24, 2.45) is 5.73 Å². The van der Waals surface area contributed by atoms with Crippen molar-refractivity contribution in [3.8, 4) is 0 Å². The molecule has 1 aromatic carbocycles. The van der Waals surface area contributed by atoms with Gasteiger partial charge in [-0.15, -0.1) is 0 Å². The van der Waals surface area contributed by atoms with Gasteiger partial charge >= 0.3 is 0 Å². The molecule has 0 radical (unpaired) electrons. The predicted octanol–water partition coefficient (Wildman–Crippen LogP) is 1.83. The zero-order valence-corrected chi connectivity index (χ0v) is 12.6. The van der Waals surface area contributed by atoms with Crippen LogP contribution in [0.5, 0.6) is 0 Å². The summed E-state index contributed by atoms with van der Waals surface area (Å²) in [5.41, 5.74) is 7.13. The van der Waals surface area contributed by atoms with Crippen LogP contribution in [0.4, 0.5) is 0 Å². The zero-order valence-electron chi connectivity index (χ0n) is 12.6. The van der Waals surface area contributed by atoms with E-state index in [9.17, 15) is 4.79 Å². The lowest BCUT2D eigenvalue weighted by molar-refractivity contribution is -0.118. The highest BCUT2D eigenvalue weighted by Crippen LogP contribution is 2.22. The van der Waals surface area contributed by atoms with E-state index in [0.29, 0.717) is 19.6 Å². The number of carbonyl (C=O) groups is 1.